The van der Waals surface area contributed by atoms with E-state index in [4.69, 9.17) is 27.9 Å². The zero-order valence-corrected chi connectivity index (χ0v) is 16.9. The van der Waals surface area contributed by atoms with Crippen LogP contribution >= 0.6 is 23.2 Å². The molecule has 144 valence electrons. The largest absolute Gasteiger partial charge is 0.457 e. The first-order chi connectivity index (χ1) is 12.9. The van der Waals surface area contributed by atoms with Crippen LogP contribution in [0.15, 0.2) is 47.4 Å². The summed E-state index contributed by atoms with van der Waals surface area (Å²) in [6.07, 6.45) is 2.69. The third kappa shape index (κ3) is 4.82. The highest BCUT2D eigenvalue weighted by Gasteiger charge is 2.27. The zero-order chi connectivity index (χ0) is 19.4. The maximum atomic E-state index is 12.8. The molecule has 0 bridgehead atoms. The number of rotatable bonds is 5. The van der Waals surface area contributed by atoms with Crippen molar-refractivity contribution in [1.82, 2.24) is 4.31 Å². The first-order valence-electron chi connectivity index (χ1n) is 8.59. The van der Waals surface area contributed by atoms with Gasteiger partial charge in [-0.3, -0.25) is 0 Å². The molecular formula is C19H19Cl2NO4S. The highest BCUT2D eigenvalue weighted by atomic mass is 35.5. The van der Waals surface area contributed by atoms with Gasteiger partial charge in [0.15, 0.2) is 0 Å². The van der Waals surface area contributed by atoms with Crippen molar-refractivity contribution in [3.05, 3.63) is 63.6 Å². The molecule has 2 aromatic rings. The van der Waals surface area contributed by atoms with Gasteiger partial charge in [-0.2, -0.15) is 4.31 Å². The van der Waals surface area contributed by atoms with Crippen molar-refractivity contribution >= 4 is 39.2 Å². The van der Waals surface area contributed by atoms with Crippen LogP contribution in [-0.4, -0.2) is 31.8 Å². The Morgan fingerprint density at radius 1 is 1.00 bits per heavy atom. The number of carbonyl (C=O) groups is 1. The molecule has 0 amide bonds. The van der Waals surface area contributed by atoms with Crippen molar-refractivity contribution in [3.8, 4) is 0 Å². The molecule has 0 unspecified atom stereocenters. The molecule has 8 heteroatoms. The van der Waals surface area contributed by atoms with Gasteiger partial charge in [-0.05, 0) is 48.7 Å². The number of nitrogens with zero attached hydrogens (tertiary/aromatic N) is 1. The maximum Gasteiger partial charge on any atom is 0.340 e. The van der Waals surface area contributed by atoms with E-state index in [-0.39, 0.29) is 22.1 Å². The van der Waals surface area contributed by atoms with Crippen LogP contribution < -0.4 is 0 Å². The van der Waals surface area contributed by atoms with Gasteiger partial charge < -0.3 is 4.74 Å². The summed E-state index contributed by atoms with van der Waals surface area (Å²) < 4.78 is 32.3. The molecule has 1 saturated heterocycles. The molecular weight excluding hydrogens is 409 g/mol. The van der Waals surface area contributed by atoms with Gasteiger partial charge in [0, 0.05) is 18.1 Å². The number of hydrogen-bond acceptors (Lipinski definition) is 4. The average molecular weight is 428 g/mol. The van der Waals surface area contributed by atoms with E-state index in [1.54, 1.807) is 24.3 Å². The van der Waals surface area contributed by atoms with E-state index in [2.05, 4.69) is 0 Å². The van der Waals surface area contributed by atoms with Crippen LogP contribution in [0.3, 0.4) is 0 Å². The molecule has 0 N–H and O–H groups in total. The van der Waals surface area contributed by atoms with Crippen molar-refractivity contribution in [2.75, 3.05) is 13.1 Å². The molecule has 0 aliphatic carbocycles. The lowest BCUT2D eigenvalue weighted by Crippen LogP contribution is -2.35. The molecule has 27 heavy (non-hydrogen) atoms. The lowest BCUT2D eigenvalue weighted by Gasteiger charge is -2.26. The second-order valence-corrected chi connectivity index (χ2v) is 9.09. The van der Waals surface area contributed by atoms with E-state index in [0.29, 0.717) is 18.1 Å². The smallest absolute Gasteiger partial charge is 0.340 e. The third-order valence-electron chi connectivity index (χ3n) is 4.39. The molecule has 1 aliphatic rings. The molecule has 1 aliphatic heterocycles. The van der Waals surface area contributed by atoms with Gasteiger partial charge in [-0.25, -0.2) is 13.2 Å². The monoisotopic (exact) mass is 427 g/mol. The standard InChI is InChI=1S/C19H19Cl2NO4S/c20-15-6-4-14(5-7-15)13-26-19(23)17-12-16(8-9-18(17)21)27(24,25)22-10-2-1-3-11-22/h4-9,12H,1-3,10-11,13H2. The maximum absolute atomic E-state index is 12.8. The van der Waals surface area contributed by atoms with Crippen LogP contribution in [0.2, 0.25) is 10.0 Å². The Morgan fingerprint density at radius 2 is 1.67 bits per heavy atom. The van der Waals surface area contributed by atoms with Crippen molar-refractivity contribution in [2.24, 2.45) is 0 Å². The van der Waals surface area contributed by atoms with E-state index in [1.807, 2.05) is 0 Å². The Morgan fingerprint density at radius 3 is 2.33 bits per heavy atom. The van der Waals surface area contributed by atoms with E-state index in [0.717, 1.165) is 24.8 Å². The topological polar surface area (TPSA) is 63.7 Å². The average Bonchev–Trinajstić information content (AvgIpc) is 2.68. The SMILES string of the molecule is O=C(OCc1ccc(Cl)cc1)c1cc(S(=O)(=O)N2CCCCC2)ccc1Cl. The number of piperidine rings is 1. The van der Waals surface area contributed by atoms with E-state index >= 15 is 0 Å². The quantitative estimate of drug-likeness (QED) is 0.657. The van der Waals surface area contributed by atoms with E-state index in [9.17, 15) is 13.2 Å². The summed E-state index contributed by atoms with van der Waals surface area (Å²) in [6, 6.07) is 11.0. The molecule has 0 spiro atoms. The first kappa shape index (κ1) is 20.1. The van der Waals surface area contributed by atoms with E-state index < -0.39 is 16.0 Å². The fourth-order valence-electron chi connectivity index (χ4n) is 2.88. The van der Waals surface area contributed by atoms with Gasteiger partial charge in [0.05, 0.1) is 15.5 Å². The van der Waals surface area contributed by atoms with Crippen LogP contribution in [0.25, 0.3) is 0 Å². The predicted molar refractivity (Wildman–Crippen MR) is 105 cm³/mol. The summed E-state index contributed by atoms with van der Waals surface area (Å²) in [6.45, 7) is 1.01. The van der Waals surface area contributed by atoms with Crippen molar-refractivity contribution in [1.29, 1.82) is 0 Å². The number of benzene rings is 2. The van der Waals surface area contributed by atoms with Crippen molar-refractivity contribution < 1.29 is 17.9 Å². The fraction of sp³-hybridized carbons (Fsp3) is 0.316. The number of halogens is 2. The highest BCUT2D eigenvalue weighted by Crippen LogP contribution is 2.26. The summed E-state index contributed by atoms with van der Waals surface area (Å²) in [5.74, 6) is -0.675. The highest BCUT2D eigenvalue weighted by molar-refractivity contribution is 7.89. The summed E-state index contributed by atoms with van der Waals surface area (Å²) in [5.41, 5.74) is 0.796. The molecule has 0 atom stereocenters. The van der Waals surface area contributed by atoms with Crippen molar-refractivity contribution in [2.45, 2.75) is 30.8 Å². The van der Waals surface area contributed by atoms with Gasteiger partial charge in [-0.15, -0.1) is 0 Å². The first-order valence-corrected chi connectivity index (χ1v) is 10.8. The zero-order valence-electron chi connectivity index (χ0n) is 14.5. The van der Waals surface area contributed by atoms with Crippen LogP contribution in [-0.2, 0) is 21.4 Å². The number of esters is 1. The Hall–Kier alpha value is -1.60. The number of ether oxygens (including phenoxy) is 1. The lowest BCUT2D eigenvalue weighted by atomic mass is 10.2. The Balaban J connectivity index is 1.78. The molecule has 0 radical (unpaired) electrons. The second kappa shape index (κ2) is 8.61. The van der Waals surface area contributed by atoms with Crippen LogP contribution in [0.1, 0.15) is 35.2 Å². The summed E-state index contributed by atoms with van der Waals surface area (Å²) in [5, 5.41) is 0.734. The van der Waals surface area contributed by atoms with Crippen LogP contribution in [0.4, 0.5) is 0 Å². The normalized spacial score (nSPS) is 15.5. The minimum Gasteiger partial charge on any atom is -0.457 e. The van der Waals surface area contributed by atoms with Gasteiger partial charge >= 0.3 is 5.97 Å². The Bertz CT molecular complexity index is 923. The number of sulfonamides is 1. The molecule has 0 aromatic heterocycles. The second-order valence-electron chi connectivity index (χ2n) is 6.31. The molecule has 1 heterocycles. The van der Waals surface area contributed by atoms with Gasteiger partial charge in [-0.1, -0.05) is 41.8 Å². The number of hydrogen-bond donors (Lipinski definition) is 0. The third-order valence-corrected chi connectivity index (χ3v) is 6.87. The molecule has 1 fully saturated rings. The fourth-order valence-corrected chi connectivity index (χ4v) is 4.75. The minimum atomic E-state index is -3.65. The molecule has 2 aromatic carbocycles. The van der Waals surface area contributed by atoms with Gasteiger partial charge in [0.1, 0.15) is 6.61 Å². The lowest BCUT2D eigenvalue weighted by molar-refractivity contribution is 0.0472. The molecule has 3 rings (SSSR count). The Kier molecular flexibility index (Phi) is 6.42. The predicted octanol–water partition coefficient (Wildman–Crippen LogP) is 4.53. The summed E-state index contributed by atoms with van der Waals surface area (Å²) in [7, 11) is -3.65. The van der Waals surface area contributed by atoms with E-state index in [1.165, 1.54) is 22.5 Å². The van der Waals surface area contributed by atoms with Crippen LogP contribution in [0.5, 0.6) is 0 Å². The molecule has 0 saturated carbocycles. The summed E-state index contributed by atoms with van der Waals surface area (Å²) >= 11 is 11.9. The van der Waals surface area contributed by atoms with Gasteiger partial charge in [0.2, 0.25) is 10.0 Å². The van der Waals surface area contributed by atoms with Crippen molar-refractivity contribution in [3.63, 3.8) is 0 Å². The Labute approximate surface area is 168 Å². The molecule has 5 nitrogen and oxygen atoms in total. The summed E-state index contributed by atoms with van der Waals surface area (Å²) in [4.78, 5) is 12.5. The van der Waals surface area contributed by atoms with Crippen LogP contribution in [0, 0.1) is 0 Å². The number of carbonyl (C=O) groups excluding carboxylic acids is 1. The minimum absolute atomic E-state index is 0.0312. The van der Waals surface area contributed by atoms with Gasteiger partial charge in [0.25, 0.3) is 0 Å².